The second-order valence-corrected chi connectivity index (χ2v) is 7.34. The molecule has 1 saturated heterocycles. The molecule has 0 saturated carbocycles. The molecule has 1 amide bonds. The van der Waals surface area contributed by atoms with Crippen molar-refractivity contribution in [2.24, 2.45) is 0 Å². The Labute approximate surface area is 169 Å². The minimum absolute atomic E-state index is 0. The third kappa shape index (κ3) is 4.75. The fourth-order valence-corrected chi connectivity index (χ4v) is 4.37. The van der Waals surface area contributed by atoms with E-state index < -0.39 is 0 Å². The molecule has 0 radical (unpaired) electrons. The molecule has 0 bridgehead atoms. The maximum Gasteiger partial charge on any atom is 0.225 e. The van der Waals surface area contributed by atoms with Gasteiger partial charge in [-0.05, 0) is 18.6 Å². The molecular formula is C18H24Cl2N4OS. The predicted octanol–water partition coefficient (Wildman–Crippen LogP) is 3.74. The molecule has 3 rings (SSSR count). The molecule has 8 heteroatoms. The zero-order valence-electron chi connectivity index (χ0n) is 14.9. The van der Waals surface area contributed by atoms with Gasteiger partial charge in [-0.3, -0.25) is 14.6 Å². The van der Waals surface area contributed by atoms with E-state index >= 15 is 0 Å². The van der Waals surface area contributed by atoms with Gasteiger partial charge in [-0.2, -0.15) is 0 Å². The van der Waals surface area contributed by atoms with Gasteiger partial charge in [0.15, 0.2) is 5.13 Å². The van der Waals surface area contributed by atoms with Crippen LogP contribution in [0.4, 0.5) is 5.13 Å². The molecule has 2 heterocycles. The van der Waals surface area contributed by atoms with Gasteiger partial charge in [0.2, 0.25) is 5.91 Å². The highest BCUT2D eigenvalue weighted by Gasteiger charge is 2.26. The van der Waals surface area contributed by atoms with Gasteiger partial charge < -0.3 is 5.32 Å². The summed E-state index contributed by atoms with van der Waals surface area (Å²) in [5.41, 5.74) is 2.14. The Bertz CT molecular complexity index is 739. The Morgan fingerprint density at radius 1 is 1.46 bits per heavy atom. The van der Waals surface area contributed by atoms with Crippen LogP contribution in [-0.4, -0.2) is 42.0 Å². The Morgan fingerprint density at radius 2 is 2.23 bits per heavy atom. The van der Waals surface area contributed by atoms with E-state index in [0.29, 0.717) is 6.54 Å². The van der Waals surface area contributed by atoms with E-state index in [1.165, 1.54) is 11.3 Å². The predicted molar refractivity (Wildman–Crippen MR) is 111 cm³/mol. The second-order valence-electron chi connectivity index (χ2n) is 6.10. The number of halogens is 2. The van der Waals surface area contributed by atoms with Gasteiger partial charge in [-0.15, -0.1) is 23.7 Å². The Morgan fingerprint density at radius 3 is 2.92 bits per heavy atom. The van der Waals surface area contributed by atoms with Crippen LogP contribution in [0.15, 0.2) is 29.6 Å². The first kappa shape index (κ1) is 21.1. The Hall–Kier alpha value is -1.18. The number of hydrogen-bond acceptors (Lipinski definition) is 5. The lowest BCUT2D eigenvalue weighted by Gasteiger charge is -2.36. The highest BCUT2D eigenvalue weighted by atomic mass is 35.5. The molecule has 1 aromatic heterocycles. The number of thiazole rings is 1. The van der Waals surface area contributed by atoms with E-state index in [9.17, 15) is 4.79 Å². The summed E-state index contributed by atoms with van der Waals surface area (Å²) < 4.78 is 0. The molecule has 0 aliphatic carbocycles. The molecule has 26 heavy (non-hydrogen) atoms. The Kier molecular flexibility index (Phi) is 7.85. The van der Waals surface area contributed by atoms with Gasteiger partial charge in [-0.1, -0.05) is 29.8 Å². The molecule has 1 unspecified atom stereocenters. The van der Waals surface area contributed by atoms with Gasteiger partial charge >= 0.3 is 0 Å². The van der Waals surface area contributed by atoms with Crippen molar-refractivity contribution < 1.29 is 4.79 Å². The van der Waals surface area contributed by atoms with E-state index in [1.807, 2.05) is 30.5 Å². The lowest BCUT2D eigenvalue weighted by Crippen LogP contribution is -2.45. The van der Waals surface area contributed by atoms with Crippen LogP contribution in [0.1, 0.15) is 31.1 Å². The minimum atomic E-state index is 0. The summed E-state index contributed by atoms with van der Waals surface area (Å²) in [5, 5.41) is 7.07. The first-order valence-electron chi connectivity index (χ1n) is 8.51. The summed E-state index contributed by atoms with van der Waals surface area (Å²) in [5.74, 6) is 0.0273. The fraction of sp³-hybridized carbons (Fsp3) is 0.444. The first-order valence-corrected chi connectivity index (χ1v) is 9.77. The molecule has 142 valence electrons. The molecule has 5 nitrogen and oxygen atoms in total. The number of nitrogens with one attached hydrogen (secondary N) is 1. The molecule has 1 N–H and O–H groups in total. The van der Waals surface area contributed by atoms with Gasteiger partial charge in [0.1, 0.15) is 0 Å². The van der Waals surface area contributed by atoms with Crippen LogP contribution in [0.25, 0.3) is 0 Å². The third-order valence-corrected chi connectivity index (χ3v) is 5.71. The number of aromatic nitrogens is 1. The molecule has 1 aliphatic rings. The third-order valence-electron chi connectivity index (χ3n) is 4.45. The lowest BCUT2D eigenvalue weighted by molar-refractivity contribution is -0.116. The fourth-order valence-electron chi connectivity index (χ4n) is 3.18. The molecule has 0 spiro atoms. The number of nitrogens with zero attached hydrogens (tertiary/aromatic N) is 3. The number of carbonyl (C=O) groups excluding carboxylic acids is 1. The molecular weight excluding hydrogens is 391 g/mol. The van der Waals surface area contributed by atoms with Crippen molar-refractivity contribution in [3.8, 4) is 0 Å². The summed E-state index contributed by atoms with van der Waals surface area (Å²) in [6.07, 6.45) is 0. The summed E-state index contributed by atoms with van der Waals surface area (Å²) >= 11 is 7.94. The van der Waals surface area contributed by atoms with Gasteiger partial charge in [0, 0.05) is 56.1 Å². The number of piperazine rings is 1. The summed E-state index contributed by atoms with van der Waals surface area (Å²) in [6, 6.07) is 8.24. The topological polar surface area (TPSA) is 48.5 Å². The van der Waals surface area contributed by atoms with E-state index in [0.717, 1.165) is 47.6 Å². The SMILES string of the molecule is CCN(C(C)=O)c1nc(CN2CCNCC2c2ccccc2Cl)cs1.Cl. The van der Waals surface area contributed by atoms with Gasteiger partial charge in [-0.25, -0.2) is 4.98 Å². The van der Waals surface area contributed by atoms with Crippen molar-refractivity contribution in [1.82, 2.24) is 15.2 Å². The van der Waals surface area contributed by atoms with Crippen molar-refractivity contribution >= 4 is 46.4 Å². The van der Waals surface area contributed by atoms with E-state index in [2.05, 4.69) is 21.3 Å². The number of carbonyl (C=O) groups is 1. The largest absolute Gasteiger partial charge is 0.314 e. The van der Waals surface area contributed by atoms with Gasteiger partial charge in [0.05, 0.1) is 5.69 Å². The van der Waals surface area contributed by atoms with Crippen LogP contribution >= 0.6 is 35.3 Å². The lowest BCUT2D eigenvalue weighted by atomic mass is 10.0. The average Bonchev–Trinajstić information content (AvgIpc) is 3.04. The number of benzene rings is 1. The molecule has 1 aliphatic heterocycles. The highest BCUT2D eigenvalue weighted by molar-refractivity contribution is 7.14. The minimum Gasteiger partial charge on any atom is -0.314 e. The van der Waals surface area contributed by atoms with E-state index in [4.69, 9.17) is 11.6 Å². The zero-order valence-corrected chi connectivity index (χ0v) is 17.3. The van der Waals surface area contributed by atoms with Crippen molar-refractivity contribution in [2.45, 2.75) is 26.4 Å². The van der Waals surface area contributed by atoms with Crippen LogP contribution in [0, 0.1) is 0 Å². The number of amides is 1. The standard InChI is InChI=1S/C18H23ClN4OS.ClH/c1-3-23(13(2)24)18-21-14(12-25-18)11-22-9-8-20-10-17(22)15-6-4-5-7-16(15)19;/h4-7,12,17,20H,3,8-11H2,1-2H3;1H. The summed E-state index contributed by atoms with van der Waals surface area (Å²) in [4.78, 5) is 20.5. The van der Waals surface area contributed by atoms with E-state index in [1.54, 1.807) is 11.8 Å². The monoisotopic (exact) mass is 414 g/mol. The van der Waals surface area contributed by atoms with Crippen LogP contribution in [-0.2, 0) is 11.3 Å². The number of hydrogen-bond donors (Lipinski definition) is 1. The molecule has 1 atom stereocenters. The smallest absolute Gasteiger partial charge is 0.225 e. The summed E-state index contributed by atoms with van der Waals surface area (Å²) in [6.45, 7) is 7.69. The highest BCUT2D eigenvalue weighted by Crippen LogP contribution is 2.30. The average molecular weight is 415 g/mol. The molecule has 1 fully saturated rings. The normalized spacial score (nSPS) is 17.6. The maximum atomic E-state index is 11.7. The van der Waals surface area contributed by atoms with Crippen molar-refractivity contribution in [2.75, 3.05) is 31.1 Å². The number of rotatable bonds is 5. The van der Waals surface area contributed by atoms with Crippen LogP contribution in [0.2, 0.25) is 5.02 Å². The van der Waals surface area contributed by atoms with Gasteiger partial charge in [0.25, 0.3) is 0 Å². The van der Waals surface area contributed by atoms with Crippen molar-refractivity contribution in [3.05, 3.63) is 45.9 Å². The van der Waals surface area contributed by atoms with Crippen LogP contribution in [0.3, 0.4) is 0 Å². The number of anilines is 1. The molecule has 2 aromatic rings. The van der Waals surface area contributed by atoms with Crippen molar-refractivity contribution in [3.63, 3.8) is 0 Å². The second kappa shape index (κ2) is 9.67. The zero-order chi connectivity index (χ0) is 17.8. The maximum absolute atomic E-state index is 11.7. The quantitative estimate of drug-likeness (QED) is 0.809. The van der Waals surface area contributed by atoms with E-state index in [-0.39, 0.29) is 24.4 Å². The molecule has 1 aromatic carbocycles. The van der Waals surface area contributed by atoms with Crippen LogP contribution < -0.4 is 10.2 Å². The summed E-state index contributed by atoms with van der Waals surface area (Å²) in [7, 11) is 0. The first-order chi connectivity index (χ1) is 12.1. The van der Waals surface area contributed by atoms with Crippen LogP contribution in [0.5, 0.6) is 0 Å². The van der Waals surface area contributed by atoms with Crippen molar-refractivity contribution in [1.29, 1.82) is 0 Å². The Balaban J connectivity index is 0.00000243.